The number of nitrogens with one attached hydrogen (secondary N) is 2. The molecule has 0 amide bonds. The fourth-order valence-electron chi connectivity index (χ4n) is 3.44. The second kappa shape index (κ2) is 10.8. The Morgan fingerprint density at radius 3 is 2.68 bits per heavy atom. The van der Waals surface area contributed by atoms with E-state index in [0.717, 1.165) is 49.7 Å². The van der Waals surface area contributed by atoms with Crippen molar-refractivity contribution in [2.45, 2.75) is 45.5 Å². The third-order valence-corrected chi connectivity index (χ3v) is 6.12. The lowest BCUT2D eigenvalue weighted by molar-refractivity contribution is 0.157. The maximum absolute atomic E-state index is 12.3. The number of hydrogen-bond acceptors (Lipinski definition) is 4. The second-order valence-corrected chi connectivity index (χ2v) is 9.28. The Morgan fingerprint density at radius 1 is 1.32 bits per heavy atom. The van der Waals surface area contributed by atoms with Crippen molar-refractivity contribution in [1.29, 1.82) is 0 Å². The van der Waals surface area contributed by atoms with Crippen LogP contribution in [0.2, 0.25) is 0 Å². The number of nitrogens with zero attached hydrogens (tertiary/aromatic N) is 2. The summed E-state index contributed by atoms with van der Waals surface area (Å²) in [7, 11) is -1.64. The van der Waals surface area contributed by atoms with E-state index >= 15 is 0 Å². The Balaban J connectivity index is 2.12. The lowest BCUT2D eigenvalue weighted by atomic mass is 10.1. The first-order chi connectivity index (χ1) is 13.3. The monoisotopic (exact) mass is 410 g/mol. The highest BCUT2D eigenvalue weighted by atomic mass is 32.2. The first kappa shape index (κ1) is 22.6. The summed E-state index contributed by atoms with van der Waals surface area (Å²) in [5.74, 6) is 1.36. The lowest BCUT2D eigenvalue weighted by Gasteiger charge is -2.22. The van der Waals surface area contributed by atoms with Gasteiger partial charge in [-0.05, 0) is 38.3 Å². The van der Waals surface area contributed by atoms with Gasteiger partial charge < -0.3 is 15.0 Å². The minimum atomic E-state index is -3.37. The van der Waals surface area contributed by atoms with Gasteiger partial charge in [-0.15, -0.1) is 0 Å². The van der Waals surface area contributed by atoms with E-state index < -0.39 is 10.0 Å². The van der Waals surface area contributed by atoms with Crippen LogP contribution in [0.25, 0.3) is 0 Å². The van der Waals surface area contributed by atoms with Gasteiger partial charge in [-0.3, -0.25) is 0 Å². The molecule has 8 heteroatoms. The van der Waals surface area contributed by atoms with Crippen LogP contribution in [0, 0.1) is 5.92 Å². The Hall–Kier alpha value is -1.64. The van der Waals surface area contributed by atoms with Crippen molar-refractivity contribution in [3.05, 3.63) is 35.4 Å². The molecule has 1 aliphatic heterocycles. The van der Waals surface area contributed by atoms with Gasteiger partial charge in [0, 0.05) is 38.7 Å². The quantitative estimate of drug-likeness (QED) is 0.480. The smallest absolute Gasteiger partial charge is 0.216 e. The van der Waals surface area contributed by atoms with Crippen LogP contribution < -0.4 is 10.0 Å². The molecule has 158 valence electrons. The average molecular weight is 411 g/mol. The van der Waals surface area contributed by atoms with E-state index in [1.54, 1.807) is 7.11 Å². The minimum absolute atomic E-state index is 0.0347. The highest BCUT2D eigenvalue weighted by Gasteiger charge is 2.24. The molecule has 1 aromatic rings. The number of ether oxygens (including phenoxy) is 1. The molecule has 0 aromatic heterocycles. The Labute approximate surface area is 169 Å². The molecule has 0 saturated carbocycles. The van der Waals surface area contributed by atoms with Gasteiger partial charge in [0.25, 0.3) is 0 Å². The number of aliphatic imine (C=N–C) groups is 1. The third kappa shape index (κ3) is 7.07. The molecule has 0 bridgehead atoms. The standard InChI is InChI=1S/C20H34N4O3S/c1-5-21-20(24-11-10-17(13-24)14-27-4)22-12-18-8-6-7-9-19(18)15-28(25,26)23-16(2)3/h6-9,16-17,23H,5,10-15H2,1-4H3,(H,21,22). The number of methoxy groups -OCH3 is 1. The molecule has 1 atom stereocenters. The van der Waals surface area contributed by atoms with Crippen LogP contribution in [0.5, 0.6) is 0 Å². The van der Waals surface area contributed by atoms with Crippen LogP contribution >= 0.6 is 0 Å². The largest absolute Gasteiger partial charge is 0.384 e. The summed E-state index contributed by atoms with van der Waals surface area (Å²) in [5.41, 5.74) is 1.72. The van der Waals surface area contributed by atoms with Crippen LogP contribution in [-0.4, -0.2) is 58.7 Å². The summed E-state index contributed by atoms with van der Waals surface area (Å²) in [6, 6.07) is 7.49. The Morgan fingerprint density at radius 2 is 2.04 bits per heavy atom. The molecule has 1 aliphatic rings. The fourth-order valence-corrected chi connectivity index (χ4v) is 4.93. The average Bonchev–Trinajstić information content (AvgIpc) is 3.07. The number of sulfonamides is 1. The molecule has 0 radical (unpaired) electrons. The predicted octanol–water partition coefficient (Wildman–Crippen LogP) is 1.95. The molecule has 1 unspecified atom stereocenters. The van der Waals surface area contributed by atoms with Crippen molar-refractivity contribution in [3.8, 4) is 0 Å². The Bertz CT molecular complexity index is 750. The van der Waals surface area contributed by atoms with Gasteiger partial charge >= 0.3 is 0 Å². The number of hydrogen-bond donors (Lipinski definition) is 2. The van der Waals surface area contributed by atoms with E-state index in [4.69, 9.17) is 9.73 Å². The normalized spacial score (nSPS) is 18.1. The van der Waals surface area contributed by atoms with Crippen LogP contribution in [-0.2, 0) is 27.1 Å². The molecule has 7 nitrogen and oxygen atoms in total. The van der Waals surface area contributed by atoms with Gasteiger partial charge in [0.1, 0.15) is 0 Å². The van der Waals surface area contributed by atoms with Crippen molar-refractivity contribution in [1.82, 2.24) is 14.9 Å². The number of guanidine groups is 1. The van der Waals surface area contributed by atoms with Crippen molar-refractivity contribution in [2.24, 2.45) is 10.9 Å². The van der Waals surface area contributed by atoms with Crippen molar-refractivity contribution in [2.75, 3.05) is 33.4 Å². The summed E-state index contributed by atoms with van der Waals surface area (Å²) >= 11 is 0. The van der Waals surface area contributed by atoms with E-state index in [2.05, 4.69) is 21.9 Å². The van der Waals surface area contributed by atoms with E-state index in [1.807, 2.05) is 38.1 Å². The summed E-state index contributed by atoms with van der Waals surface area (Å²) in [6.45, 7) is 9.57. The third-order valence-electron chi connectivity index (χ3n) is 4.60. The summed E-state index contributed by atoms with van der Waals surface area (Å²) in [6.07, 6.45) is 1.09. The number of benzene rings is 1. The minimum Gasteiger partial charge on any atom is -0.384 e. The fraction of sp³-hybridized carbons (Fsp3) is 0.650. The summed E-state index contributed by atoms with van der Waals surface area (Å²) < 4.78 is 32.6. The first-order valence-electron chi connectivity index (χ1n) is 9.93. The molecular weight excluding hydrogens is 376 g/mol. The molecule has 1 aromatic carbocycles. The predicted molar refractivity (Wildman–Crippen MR) is 114 cm³/mol. The lowest BCUT2D eigenvalue weighted by Crippen LogP contribution is -2.40. The van der Waals surface area contributed by atoms with Crippen molar-refractivity contribution >= 4 is 16.0 Å². The molecule has 2 rings (SSSR count). The van der Waals surface area contributed by atoms with Crippen LogP contribution in [0.4, 0.5) is 0 Å². The maximum atomic E-state index is 12.3. The highest BCUT2D eigenvalue weighted by Crippen LogP contribution is 2.18. The number of rotatable bonds is 9. The SMILES string of the molecule is CCNC(=NCc1ccccc1CS(=O)(=O)NC(C)C)N1CCC(COC)C1. The topological polar surface area (TPSA) is 83.0 Å². The molecule has 1 heterocycles. The molecule has 0 spiro atoms. The summed E-state index contributed by atoms with van der Waals surface area (Å²) in [4.78, 5) is 7.04. The van der Waals surface area contributed by atoms with E-state index in [0.29, 0.717) is 12.5 Å². The van der Waals surface area contributed by atoms with Crippen LogP contribution in [0.1, 0.15) is 38.3 Å². The van der Waals surface area contributed by atoms with Gasteiger partial charge in [-0.2, -0.15) is 0 Å². The van der Waals surface area contributed by atoms with E-state index in [9.17, 15) is 8.42 Å². The maximum Gasteiger partial charge on any atom is 0.216 e. The van der Waals surface area contributed by atoms with Crippen molar-refractivity contribution < 1.29 is 13.2 Å². The van der Waals surface area contributed by atoms with Gasteiger partial charge in [0.05, 0.1) is 18.9 Å². The zero-order valence-corrected chi connectivity index (χ0v) is 18.3. The van der Waals surface area contributed by atoms with Crippen LogP contribution in [0.15, 0.2) is 29.3 Å². The zero-order chi connectivity index (χ0) is 20.6. The Kier molecular flexibility index (Phi) is 8.72. The number of likely N-dealkylation sites (tertiary alicyclic amines) is 1. The molecular formula is C20H34N4O3S. The highest BCUT2D eigenvalue weighted by molar-refractivity contribution is 7.88. The second-order valence-electron chi connectivity index (χ2n) is 7.53. The molecule has 28 heavy (non-hydrogen) atoms. The van der Waals surface area contributed by atoms with E-state index in [-0.39, 0.29) is 11.8 Å². The van der Waals surface area contributed by atoms with Gasteiger partial charge in [-0.25, -0.2) is 18.1 Å². The molecule has 0 aliphatic carbocycles. The van der Waals surface area contributed by atoms with Gasteiger partial charge in [-0.1, -0.05) is 24.3 Å². The van der Waals surface area contributed by atoms with Gasteiger partial charge in [0.2, 0.25) is 10.0 Å². The molecule has 1 fully saturated rings. The van der Waals surface area contributed by atoms with Crippen molar-refractivity contribution in [3.63, 3.8) is 0 Å². The zero-order valence-electron chi connectivity index (χ0n) is 17.4. The molecule has 1 saturated heterocycles. The summed E-state index contributed by atoms with van der Waals surface area (Å²) in [5, 5.41) is 3.36. The van der Waals surface area contributed by atoms with Crippen LogP contribution in [0.3, 0.4) is 0 Å². The van der Waals surface area contributed by atoms with Gasteiger partial charge in [0.15, 0.2) is 5.96 Å². The van der Waals surface area contributed by atoms with E-state index in [1.165, 1.54) is 0 Å². The first-order valence-corrected chi connectivity index (χ1v) is 11.6. The molecule has 2 N–H and O–H groups in total.